The van der Waals surface area contributed by atoms with Gasteiger partial charge < -0.3 is 19.1 Å². The van der Waals surface area contributed by atoms with Crippen molar-refractivity contribution in [2.75, 3.05) is 20.3 Å². The van der Waals surface area contributed by atoms with Crippen LogP contribution >= 0.6 is 0 Å². The monoisotopic (exact) mass is 393 g/mol. The van der Waals surface area contributed by atoms with Crippen LogP contribution in [0.5, 0.6) is 0 Å². The number of fused-ring (bicyclic) bond motifs is 1. The topological polar surface area (TPSA) is 111 Å². The minimum Gasteiger partial charge on any atom is -0.476 e. The Labute approximate surface area is 163 Å². The zero-order valence-electron chi connectivity index (χ0n) is 16.2. The number of likely N-dealkylation sites (tertiary alicyclic amines) is 1. The second-order valence-corrected chi connectivity index (χ2v) is 7.59. The molecule has 154 valence electrons. The van der Waals surface area contributed by atoms with Gasteiger partial charge in [-0.1, -0.05) is 0 Å². The van der Waals surface area contributed by atoms with E-state index in [-0.39, 0.29) is 18.3 Å². The van der Waals surface area contributed by atoms with Crippen molar-refractivity contribution in [1.82, 2.24) is 14.5 Å². The van der Waals surface area contributed by atoms with E-state index in [2.05, 4.69) is 4.98 Å². The van der Waals surface area contributed by atoms with E-state index in [9.17, 15) is 14.4 Å². The van der Waals surface area contributed by atoms with Crippen molar-refractivity contribution in [1.29, 1.82) is 0 Å². The second-order valence-electron chi connectivity index (χ2n) is 7.59. The molecule has 9 heteroatoms. The molecule has 2 aliphatic rings. The van der Waals surface area contributed by atoms with Crippen molar-refractivity contribution in [3.8, 4) is 0 Å². The molecule has 1 amide bonds. The summed E-state index contributed by atoms with van der Waals surface area (Å²) in [5.74, 6) is -0.386. The summed E-state index contributed by atoms with van der Waals surface area (Å²) in [6, 6.07) is -0.612. The highest BCUT2D eigenvalue weighted by Gasteiger charge is 2.44. The van der Waals surface area contributed by atoms with Gasteiger partial charge in [0.2, 0.25) is 0 Å². The van der Waals surface area contributed by atoms with E-state index in [1.54, 1.807) is 19.4 Å². The van der Waals surface area contributed by atoms with E-state index in [4.69, 9.17) is 14.6 Å². The number of carbonyl (C=O) groups excluding carboxylic acids is 2. The fourth-order valence-corrected chi connectivity index (χ4v) is 4.56. The first kappa shape index (κ1) is 20.2. The Morgan fingerprint density at radius 1 is 1.25 bits per heavy atom. The third-order valence-electron chi connectivity index (χ3n) is 5.87. The fourth-order valence-electron chi connectivity index (χ4n) is 4.56. The number of amides is 1. The van der Waals surface area contributed by atoms with Gasteiger partial charge in [-0.15, -0.1) is 0 Å². The lowest BCUT2D eigenvalue weighted by molar-refractivity contribution is -0.152. The van der Waals surface area contributed by atoms with Crippen molar-refractivity contribution < 1.29 is 29.0 Å². The number of hydrogen-bond acceptors (Lipinski definition) is 6. The number of aromatic nitrogens is 2. The zero-order valence-corrected chi connectivity index (χ0v) is 16.2. The minimum absolute atomic E-state index is 0.0439. The predicted molar refractivity (Wildman–Crippen MR) is 97.7 cm³/mol. The number of methoxy groups -OCH3 is 1. The van der Waals surface area contributed by atoms with E-state index in [1.807, 2.05) is 4.57 Å². The first-order chi connectivity index (χ1) is 13.4. The second kappa shape index (κ2) is 8.62. The molecule has 28 heavy (non-hydrogen) atoms. The van der Waals surface area contributed by atoms with Gasteiger partial charge in [0.15, 0.2) is 5.69 Å². The number of carbonyl (C=O) groups is 3. The molecule has 1 saturated carbocycles. The molecule has 1 saturated heterocycles. The molecule has 1 aliphatic heterocycles. The average molecular weight is 393 g/mol. The lowest BCUT2D eigenvalue weighted by atomic mass is 9.69. The van der Waals surface area contributed by atoms with Crippen molar-refractivity contribution in [3.05, 3.63) is 18.2 Å². The number of carboxylic acids is 1. The van der Waals surface area contributed by atoms with Gasteiger partial charge in [-0.3, -0.25) is 4.90 Å². The van der Waals surface area contributed by atoms with Crippen LogP contribution in [-0.2, 0) is 20.8 Å². The van der Waals surface area contributed by atoms with Gasteiger partial charge in [0, 0.05) is 19.3 Å². The first-order valence-corrected chi connectivity index (χ1v) is 9.69. The maximum absolute atomic E-state index is 12.4. The maximum atomic E-state index is 12.4. The van der Waals surface area contributed by atoms with Crippen molar-refractivity contribution in [3.63, 3.8) is 0 Å². The van der Waals surface area contributed by atoms with Crippen LogP contribution in [0.3, 0.4) is 0 Å². The van der Waals surface area contributed by atoms with Crippen LogP contribution < -0.4 is 0 Å². The highest BCUT2D eigenvalue weighted by Crippen LogP contribution is 2.42. The summed E-state index contributed by atoms with van der Waals surface area (Å²) in [5.41, 5.74) is 0.0439. The Balaban J connectivity index is 1.67. The summed E-state index contributed by atoms with van der Waals surface area (Å²) in [6.45, 7) is 3.23. The Bertz CT molecular complexity index is 733. The van der Waals surface area contributed by atoms with Gasteiger partial charge in [-0.2, -0.15) is 0 Å². The molecular weight excluding hydrogens is 366 g/mol. The smallest absolute Gasteiger partial charge is 0.410 e. The molecule has 3 rings (SSSR count). The van der Waals surface area contributed by atoms with Crippen LogP contribution in [0.4, 0.5) is 4.79 Å². The lowest BCUT2D eigenvalue weighted by Crippen LogP contribution is -2.55. The molecule has 1 aromatic rings. The van der Waals surface area contributed by atoms with Crippen molar-refractivity contribution >= 4 is 18.0 Å². The Morgan fingerprint density at radius 3 is 2.68 bits per heavy atom. The van der Waals surface area contributed by atoms with Crippen LogP contribution in [0.1, 0.15) is 43.1 Å². The molecule has 0 bridgehead atoms. The average Bonchev–Trinajstić information content (AvgIpc) is 3.15. The normalized spacial score (nSPS) is 27.0. The van der Waals surface area contributed by atoms with Crippen LogP contribution in [0, 0.1) is 17.8 Å². The Hall–Kier alpha value is -2.58. The number of aromatic carboxylic acids is 1. The molecule has 0 aromatic carbocycles. The highest BCUT2D eigenvalue weighted by atomic mass is 16.6. The maximum Gasteiger partial charge on any atom is 0.410 e. The third kappa shape index (κ3) is 4.28. The number of esters is 1. The first-order valence-electron chi connectivity index (χ1n) is 9.69. The SMILES string of the molecule is CCOC(=O)[C@@H]1C[C@H]2C[C@@H](Cn3cnc(C(=O)O)c3)CC[C@H]2CN1C(=O)OC. The Kier molecular flexibility index (Phi) is 6.21. The van der Waals surface area contributed by atoms with Gasteiger partial charge in [0.05, 0.1) is 20.0 Å². The molecule has 1 aromatic heterocycles. The number of hydrogen-bond donors (Lipinski definition) is 1. The summed E-state index contributed by atoms with van der Waals surface area (Å²) in [4.78, 5) is 41.0. The molecule has 0 radical (unpaired) electrons. The van der Waals surface area contributed by atoms with Gasteiger partial charge in [0.1, 0.15) is 6.04 Å². The van der Waals surface area contributed by atoms with Gasteiger partial charge >= 0.3 is 18.0 Å². The standard InChI is InChI=1S/C19H27N3O6/c1-3-28-18(25)16-7-14-6-12(8-21-10-15(17(23)24)20-11-21)4-5-13(14)9-22(16)19(26)27-2/h10-14,16H,3-9H2,1-2H3,(H,23,24)/t12-,13-,14+,16-/m0/s1. The largest absolute Gasteiger partial charge is 0.476 e. The summed E-state index contributed by atoms with van der Waals surface area (Å²) in [6.07, 6.45) is 6.06. The summed E-state index contributed by atoms with van der Waals surface area (Å²) >= 11 is 0. The molecular formula is C19H27N3O6. The summed E-state index contributed by atoms with van der Waals surface area (Å²) in [5, 5.41) is 9.01. The lowest BCUT2D eigenvalue weighted by Gasteiger charge is -2.46. The van der Waals surface area contributed by atoms with Gasteiger partial charge in [0.25, 0.3) is 0 Å². The number of nitrogens with zero attached hydrogens (tertiary/aromatic N) is 3. The van der Waals surface area contributed by atoms with E-state index in [0.717, 1.165) is 19.3 Å². The van der Waals surface area contributed by atoms with Crippen LogP contribution in [-0.4, -0.2) is 63.9 Å². The van der Waals surface area contributed by atoms with Crippen LogP contribution in [0.25, 0.3) is 0 Å². The van der Waals surface area contributed by atoms with Gasteiger partial charge in [-0.25, -0.2) is 19.4 Å². The quantitative estimate of drug-likeness (QED) is 0.762. The number of ether oxygens (including phenoxy) is 2. The molecule has 1 N–H and O–H groups in total. The van der Waals surface area contributed by atoms with Crippen molar-refractivity contribution in [2.45, 2.75) is 45.2 Å². The number of piperidine rings is 1. The van der Waals surface area contributed by atoms with Crippen LogP contribution in [0.15, 0.2) is 12.5 Å². The molecule has 1 aliphatic carbocycles. The fraction of sp³-hybridized carbons (Fsp3) is 0.684. The molecule has 2 heterocycles. The molecule has 0 unspecified atom stereocenters. The predicted octanol–water partition coefficient (Wildman–Crippen LogP) is 2.02. The molecule has 4 atom stereocenters. The van der Waals surface area contributed by atoms with E-state index < -0.39 is 18.1 Å². The molecule has 9 nitrogen and oxygen atoms in total. The summed E-state index contributed by atoms with van der Waals surface area (Å²) in [7, 11) is 1.32. The number of carboxylic acid groups (broad SMARTS) is 1. The van der Waals surface area contributed by atoms with E-state index in [0.29, 0.717) is 37.3 Å². The number of imidazole rings is 1. The van der Waals surface area contributed by atoms with Crippen LogP contribution in [0.2, 0.25) is 0 Å². The molecule has 2 fully saturated rings. The zero-order chi connectivity index (χ0) is 20.3. The number of rotatable bonds is 5. The highest BCUT2D eigenvalue weighted by molar-refractivity contribution is 5.84. The minimum atomic E-state index is -1.03. The summed E-state index contributed by atoms with van der Waals surface area (Å²) < 4.78 is 11.9. The van der Waals surface area contributed by atoms with E-state index in [1.165, 1.54) is 12.0 Å². The third-order valence-corrected chi connectivity index (χ3v) is 5.87. The van der Waals surface area contributed by atoms with Gasteiger partial charge in [-0.05, 0) is 50.4 Å². The van der Waals surface area contributed by atoms with E-state index >= 15 is 0 Å². The molecule has 0 spiro atoms. The Morgan fingerprint density at radius 2 is 2.04 bits per heavy atom. The van der Waals surface area contributed by atoms with Crippen molar-refractivity contribution in [2.24, 2.45) is 17.8 Å².